The summed E-state index contributed by atoms with van der Waals surface area (Å²) >= 11 is 0. The Morgan fingerprint density at radius 1 is 1.07 bits per heavy atom. The van der Waals surface area contributed by atoms with E-state index in [1.165, 1.54) is 5.56 Å². The summed E-state index contributed by atoms with van der Waals surface area (Å²) in [7, 11) is 2.15. The Labute approximate surface area is 88.8 Å². The summed E-state index contributed by atoms with van der Waals surface area (Å²) in [6, 6.07) is 11.2. The van der Waals surface area contributed by atoms with E-state index in [2.05, 4.69) is 56.1 Å². The molecule has 0 saturated carbocycles. The van der Waals surface area contributed by atoms with Gasteiger partial charge in [0.2, 0.25) is 0 Å². The lowest BCUT2D eigenvalue weighted by Gasteiger charge is -2.20. The molecular formula is C13H23N. The van der Waals surface area contributed by atoms with Crippen molar-refractivity contribution in [2.75, 3.05) is 7.05 Å². The van der Waals surface area contributed by atoms with E-state index in [9.17, 15) is 0 Å². The molecule has 1 rings (SSSR count). The fraction of sp³-hybridized carbons (Fsp3) is 0.538. The number of benzene rings is 1. The summed E-state index contributed by atoms with van der Waals surface area (Å²) in [5, 5.41) is 0. The van der Waals surface area contributed by atoms with Gasteiger partial charge >= 0.3 is 0 Å². The van der Waals surface area contributed by atoms with E-state index in [1.807, 2.05) is 13.8 Å². The first-order valence-electron chi connectivity index (χ1n) is 5.44. The van der Waals surface area contributed by atoms with Crippen molar-refractivity contribution in [3.05, 3.63) is 35.9 Å². The van der Waals surface area contributed by atoms with Crippen molar-refractivity contribution in [3.63, 3.8) is 0 Å². The van der Waals surface area contributed by atoms with E-state index in [4.69, 9.17) is 0 Å². The predicted molar refractivity (Wildman–Crippen MR) is 64.4 cm³/mol. The summed E-state index contributed by atoms with van der Waals surface area (Å²) in [6.45, 7) is 9.46. The Bertz CT molecular complexity index is 216. The summed E-state index contributed by atoms with van der Waals surface area (Å²) < 4.78 is 0. The quantitative estimate of drug-likeness (QED) is 0.709. The van der Waals surface area contributed by atoms with E-state index < -0.39 is 0 Å². The van der Waals surface area contributed by atoms with Gasteiger partial charge in [0.25, 0.3) is 0 Å². The molecule has 0 unspecified atom stereocenters. The molecule has 0 heterocycles. The zero-order valence-corrected chi connectivity index (χ0v) is 10.1. The third-order valence-electron chi connectivity index (χ3n) is 2.16. The van der Waals surface area contributed by atoms with Crippen molar-refractivity contribution < 1.29 is 0 Å². The van der Waals surface area contributed by atoms with Gasteiger partial charge in [0, 0.05) is 12.6 Å². The van der Waals surface area contributed by atoms with Gasteiger partial charge in [-0.3, -0.25) is 4.90 Å². The van der Waals surface area contributed by atoms with Gasteiger partial charge in [-0.1, -0.05) is 44.2 Å². The van der Waals surface area contributed by atoms with Gasteiger partial charge in [0.1, 0.15) is 0 Å². The topological polar surface area (TPSA) is 3.24 Å². The van der Waals surface area contributed by atoms with Crippen molar-refractivity contribution in [1.82, 2.24) is 4.90 Å². The van der Waals surface area contributed by atoms with Gasteiger partial charge in [0.15, 0.2) is 0 Å². The minimum atomic E-state index is 0.616. The minimum Gasteiger partial charge on any atom is -0.300 e. The Morgan fingerprint density at radius 2 is 1.57 bits per heavy atom. The van der Waals surface area contributed by atoms with Crippen LogP contribution in [0.5, 0.6) is 0 Å². The van der Waals surface area contributed by atoms with Crippen LogP contribution in [0.25, 0.3) is 0 Å². The molecule has 0 spiro atoms. The average molecular weight is 193 g/mol. The van der Waals surface area contributed by atoms with Crippen molar-refractivity contribution in [1.29, 1.82) is 0 Å². The molecule has 0 aliphatic carbocycles. The van der Waals surface area contributed by atoms with Crippen molar-refractivity contribution >= 4 is 0 Å². The van der Waals surface area contributed by atoms with E-state index in [0.717, 1.165) is 6.54 Å². The van der Waals surface area contributed by atoms with Gasteiger partial charge in [-0.05, 0) is 26.5 Å². The lowest BCUT2D eigenvalue weighted by Crippen LogP contribution is -2.25. The highest BCUT2D eigenvalue weighted by atomic mass is 15.1. The molecule has 0 aromatic heterocycles. The molecule has 1 heteroatoms. The maximum atomic E-state index is 2.33. The van der Waals surface area contributed by atoms with Crippen molar-refractivity contribution in [2.45, 2.75) is 40.3 Å². The molecule has 0 amide bonds. The van der Waals surface area contributed by atoms with Crippen LogP contribution in [0.1, 0.15) is 33.3 Å². The van der Waals surface area contributed by atoms with Gasteiger partial charge in [-0.2, -0.15) is 0 Å². The van der Waals surface area contributed by atoms with E-state index in [0.29, 0.717) is 6.04 Å². The van der Waals surface area contributed by atoms with Crippen molar-refractivity contribution in [2.24, 2.45) is 0 Å². The average Bonchev–Trinajstić information content (AvgIpc) is 2.22. The zero-order chi connectivity index (χ0) is 11.0. The molecule has 1 nitrogen and oxygen atoms in total. The molecule has 80 valence electrons. The third kappa shape index (κ3) is 5.03. The maximum absolute atomic E-state index is 2.33. The Kier molecular flexibility index (Phi) is 7.13. The normalized spacial score (nSPS) is 9.93. The number of hydrogen-bond acceptors (Lipinski definition) is 1. The minimum absolute atomic E-state index is 0.616. The summed E-state index contributed by atoms with van der Waals surface area (Å²) in [5.74, 6) is 0. The molecule has 14 heavy (non-hydrogen) atoms. The lowest BCUT2D eigenvalue weighted by atomic mass is 10.2. The summed E-state index contributed by atoms with van der Waals surface area (Å²) in [6.07, 6.45) is 0. The Morgan fingerprint density at radius 3 is 2.00 bits per heavy atom. The Hall–Kier alpha value is -0.820. The van der Waals surface area contributed by atoms with E-state index in [1.54, 1.807) is 0 Å². The second kappa shape index (κ2) is 7.57. The van der Waals surface area contributed by atoms with Gasteiger partial charge in [-0.15, -0.1) is 0 Å². The van der Waals surface area contributed by atoms with Crippen LogP contribution in [0, 0.1) is 0 Å². The first kappa shape index (κ1) is 13.2. The monoisotopic (exact) mass is 193 g/mol. The second-order valence-corrected chi connectivity index (χ2v) is 3.49. The van der Waals surface area contributed by atoms with Crippen LogP contribution in [-0.4, -0.2) is 18.0 Å². The van der Waals surface area contributed by atoms with Crippen LogP contribution in [0.4, 0.5) is 0 Å². The van der Waals surface area contributed by atoms with Crippen molar-refractivity contribution in [3.8, 4) is 0 Å². The standard InChI is InChI=1S/C11H17N.C2H6/c1-10(2)12(3)9-11-7-5-4-6-8-11;1-2/h4-8,10H,9H2,1-3H3;1-2H3. The summed E-state index contributed by atoms with van der Waals surface area (Å²) in [5.41, 5.74) is 1.38. The highest BCUT2D eigenvalue weighted by Gasteiger charge is 2.02. The molecule has 0 fully saturated rings. The molecule has 0 aliphatic heterocycles. The molecular weight excluding hydrogens is 170 g/mol. The fourth-order valence-electron chi connectivity index (χ4n) is 1.05. The molecule has 0 aliphatic rings. The molecule has 0 N–H and O–H groups in total. The molecule has 0 atom stereocenters. The molecule has 1 aromatic rings. The third-order valence-corrected chi connectivity index (χ3v) is 2.16. The van der Waals surface area contributed by atoms with Gasteiger partial charge in [0.05, 0.1) is 0 Å². The van der Waals surface area contributed by atoms with Gasteiger partial charge in [-0.25, -0.2) is 0 Å². The first-order chi connectivity index (χ1) is 6.70. The maximum Gasteiger partial charge on any atom is 0.0233 e. The van der Waals surface area contributed by atoms with Crippen LogP contribution in [-0.2, 0) is 6.54 Å². The number of rotatable bonds is 3. The Balaban J connectivity index is 0.000000791. The molecule has 0 saturated heterocycles. The smallest absolute Gasteiger partial charge is 0.0233 e. The molecule has 0 bridgehead atoms. The van der Waals surface area contributed by atoms with E-state index >= 15 is 0 Å². The highest BCUT2D eigenvalue weighted by molar-refractivity contribution is 5.14. The van der Waals surface area contributed by atoms with Crippen LogP contribution in [0.15, 0.2) is 30.3 Å². The predicted octanol–water partition coefficient (Wildman–Crippen LogP) is 3.55. The zero-order valence-electron chi connectivity index (χ0n) is 10.1. The lowest BCUT2D eigenvalue weighted by molar-refractivity contribution is 0.266. The fourth-order valence-corrected chi connectivity index (χ4v) is 1.05. The first-order valence-corrected chi connectivity index (χ1v) is 5.44. The van der Waals surface area contributed by atoms with E-state index in [-0.39, 0.29) is 0 Å². The molecule has 1 aromatic carbocycles. The largest absolute Gasteiger partial charge is 0.300 e. The number of nitrogens with zero attached hydrogens (tertiary/aromatic N) is 1. The second-order valence-electron chi connectivity index (χ2n) is 3.49. The van der Waals surface area contributed by atoms with Crippen LogP contribution in [0.2, 0.25) is 0 Å². The number of hydrogen-bond donors (Lipinski definition) is 0. The van der Waals surface area contributed by atoms with Crippen LogP contribution in [0.3, 0.4) is 0 Å². The van der Waals surface area contributed by atoms with Crippen LogP contribution < -0.4 is 0 Å². The highest BCUT2D eigenvalue weighted by Crippen LogP contribution is 2.04. The van der Waals surface area contributed by atoms with Crippen LogP contribution >= 0.6 is 0 Å². The van der Waals surface area contributed by atoms with Gasteiger partial charge < -0.3 is 0 Å². The summed E-state index contributed by atoms with van der Waals surface area (Å²) in [4.78, 5) is 2.33. The molecule has 0 radical (unpaired) electrons. The SMILES string of the molecule is CC.CC(C)N(C)Cc1ccccc1.